The second-order valence-electron chi connectivity index (χ2n) is 2.93. The summed E-state index contributed by atoms with van der Waals surface area (Å²) in [4.78, 5) is 0. The number of hydrogen-bond donors (Lipinski definition) is 1. The van der Waals surface area contributed by atoms with E-state index in [0.29, 0.717) is 23.1 Å². The third-order valence-corrected chi connectivity index (χ3v) is 2.27. The average molecular weight is 232 g/mol. The van der Waals surface area contributed by atoms with Gasteiger partial charge in [-0.2, -0.15) is 0 Å². The zero-order valence-electron chi connectivity index (χ0n) is 7.76. The summed E-state index contributed by atoms with van der Waals surface area (Å²) >= 11 is 11.4. The van der Waals surface area contributed by atoms with Gasteiger partial charge in [-0.3, -0.25) is 0 Å². The third kappa shape index (κ3) is 3.13. The molecule has 1 aromatic carbocycles. The van der Waals surface area contributed by atoms with Crippen molar-refractivity contribution < 1.29 is 4.74 Å². The van der Waals surface area contributed by atoms with Crippen LogP contribution in [-0.2, 0) is 0 Å². The highest BCUT2D eigenvalue weighted by molar-refractivity contribution is 6.32. The minimum absolute atomic E-state index is 0.424. The lowest BCUT2D eigenvalue weighted by Crippen LogP contribution is -1.99. The molecular weight excluding hydrogens is 221 g/mol. The number of nitrogen functional groups attached to an aromatic ring is 1. The molecule has 0 aromatic heterocycles. The first-order valence-corrected chi connectivity index (χ1v) is 4.88. The molecule has 0 radical (unpaired) electrons. The van der Waals surface area contributed by atoms with Crippen molar-refractivity contribution in [3.05, 3.63) is 34.3 Å². The number of anilines is 1. The molecule has 0 bridgehead atoms. The SMILES string of the molecule is C/C(=C/Cl)COc1ccc(N)cc1Cl. The normalized spacial score (nSPS) is 11.5. The summed E-state index contributed by atoms with van der Waals surface area (Å²) in [5.41, 5.74) is 8.56. The van der Waals surface area contributed by atoms with E-state index in [1.807, 2.05) is 6.92 Å². The van der Waals surface area contributed by atoms with Crippen molar-refractivity contribution in [3.63, 3.8) is 0 Å². The van der Waals surface area contributed by atoms with Gasteiger partial charge in [0.2, 0.25) is 0 Å². The van der Waals surface area contributed by atoms with Gasteiger partial charge in [-0.1, -0.05) is 23.2 Å². The molecule has 0 saturated heterocycles. The third-order valence-electron chi connectivity index (χ3n) is 1.60. The van der Waals surface area contributed by atoms with E-state index in [0.717, 1.165) is 5.57 Å². The van der Waals surface area contributed by atoms with Crippen LogP contribution in [0.3, 0.4) is 0 Å². The monoisotopic (exact) mass is 231 g/mol. The molecule has 0 aliphatic rings. The van der Waals surface area contributed by atoms with Crippen LogP contribution in [0.25, 0.3) is 0 Å². The van der Waals surface area contributed by atoms with Crippen LogP contribution < -0.4 is 10.5 Å². The highest BCUT2D eigenvalue weighted by Gasteiger charge is 2.01. The van der Waals surface area contributed by atoms with Gasteiger partial charge in [0.1, 0.15) is 12.4 Å². The average Bonchev–Trinajstić information content (AvgIpc) is 2.16. The minimum Gasteiger partial charge on any atom is -0.488 e. The second kappa shape index (κ2) is 5.13. The molecule has 0 saturated carbocycles. The smallest absolute Gasteiger partial charge is 0.138 e. The van der Waals surface area contributed by atoms with Gasteiger partial charge < -0.3 is 10.5 Å². The van der Waals surface area contributed by atoms with Crippen molar-refractivity contribution in [3.8, 4) is 5.75 Å². The number of halogens is 2. The summed E-state index contributed by atoms with van der Waals surface area (Å²) in [6.45, 7) is 2.30. The van der Waals surface area contributed by atoms with Crippen molar-refractivity contribution in [1.29, 1.82) is 0 Å². The van der Waals surface area contributed by atoms with Crippen molar-refractivity contribution in [2.75, 3.05) is 12.3 Å². The fraction of sp³-hybridized carbons (Fsp3) is 0.200. The highest BCUT2D eigenvalue weighted by Crippen LogP contribution is 2.26. The predicted octanol–water partition coefficient (Wildman–Crippen LogP) is 3.44. The Morgan fingerprint density at radius 2 is 2.29 bits per heavy atom. The lowest BCUT2D eigenvalue weighted by Gasteiger charge is -2.07. The van der Waals surface area contributed by atoms with E-state index in [2.05, 4.69) is 0 Å². The largest absolute Gasteiger partial charge is 0.488 e. The predicted molar refractivity (Wildman–Crippen MR) is 61.0 cm³/mol. The van der Waals surface area contributed by atoms with Crippen molar-refractivity contribution in [2.24, 2.45) is 0 Å². The molecule has 0 atom stereocenters. The van der Waals surface area contributed by atoms with Gasteiger partial charge in [0.25, 0.3) is 0 Å². The molecular formula is C10H11Cl2NO. The number of hydrogen-bond acceptors (Lipinski definition) is 2. The van der Waals surface area contributed by atoms with Crippen LogP contribution in [0.15, 0.2) is 29.3 Å². The molecule has 4 heteroatoms. The van der Waals surface area contributed by atoms with Crippen LogP contribution in [0, 0.1) is 0 Å². The molecule has 1 aromatic rings. The zero-order chi connectivity index (χ0) is 10.6. The zero-order valence-corrected chi connectivity index (χ0v) is 9.27. The second-order valence-corrected chi connectivity index (χ2v) is 3.56. The molecule has 0 unspecified atom stereocenters. The van der Waals surface area contributed by atoms with Gasteiger partial charge in [-0.15, -0.1) is 0 Å². The maximum atomic E-state index is 5.90. The molecule has 0 aliphatic carbocycles. The quantitative estimate of drug-likeness (QED) is 0.810. The van der Waals surface area contributed by atoms with E-state index in [1.165, 1.54) is 5.54 Å². The van der Waals surface area contributed by atoms with Crippen LogP contribution in [0.4, 0.5) is 5.69 Å². The van der Waals surface area contributed by atoms with Crippen LogP contribution >= 0.6 is 23.2 Å². The van der Waals surface area contributed by atoms with Gasteiger partial charge in [0.15, 0.2) is 0 Å². The van der Waals surface area contributed by atoms with E-state index >= 15 is 0 Å². The summed E-state index contributed by atoms with van der Waals surface area (Å²) in [6.07, 6.45) is 0. The van der Waals surface area contributed by atoms with E-state index in [1.54, 1.807) is 18.2 Å². The minimum atomic E-state index is 0.424. The van der Waals surface area contributed by atoms with Gasteiger partial charge in [-0.25, -0.2) is 0 Å². The van der Waals surface area contributed by atoms with E-state index in [9.17, 15) is 0 Å². The molecule has 2 nitrogen and oxygen atoms in total. The first-order valence-electron chi connectivity index (χ1n) is 4.07. The van der Waals surface area contributed by atoms with E-state index in [4.69, 9.17) is 33.7 Å². The van der Waals surface area contributed by atoms with E-state index in [-0.39, 0.29) is 0 Å². The molecule has 0 amide bonds. The molecule has 14 heavy (non-hydrogen) atoms. The first-order chi connectivity index (χ1) is 6.63. The fourth-order valence-corrected chi connectivity index (χ4v) is 1.16. The van der Waals surface area contributed by atoms with E-state index < -0.39 is 0 Å². The Bertz CT molecular complexity index is 350. The Hall–Kier alpha value is -0.860. The molecule has 1 rings (SSSR count). The van der Waals surface area contributed by atoms with Crippen LogP contribution in [0.1, 0.15) is 6.92 Å². The van der Waals surface area contributed by atoms with Gasteiger partial charge in [-0.05, 0) is 30.7 Å². The van der Waals surface area contributed by atoms with Crippen molar-refractivity contribution in [2.45, 2.75) is 6.92 Å². The maximum absolute atomic E-state index is 5.90. The summed E-state index contributed by atoms with van der Waals surface area (Å²) in [5.74, 6) is 0.610. The van der Waals surface area contributed by atoms with Gasteiger partial charge in [0, 0.05) is 11.2 Å². The van der Waals surface area contributed by atoms with Crippen LogP contribution in [-0.4, -0.2) is 6.61 Å². The Labute approximate surface area is 93.3 Å². The Kier molecular flexibility index (Phi) is 4.11. The number of nitrogens with two attached hydrogens (primary N) is 1. The van der Waals surface area contributed by atoms with Crippen molar-refractivity contribution in [1.82, 2.24) is 0 Å². The highest BCUT2D eigenvalue weighted by atomic mass is 35.5. The molecule has 0 spiro atoms. The van der Waals surface area contributed by atoms with Gasteiger partial charge >= 0.3 is 0 Å². The topological polar surface area (TPSA) is 35.2 Å². The summed E-state index contributed by atoms with van der Waals surface area (Å²) < 4.78 is 5.40. The maximum Gasteiger partial charge on any atom is 0.138 e. The molecule has 76 valence electrons. The Morgan fingerprint density at radius 1 is 1.57 bits per heavy atom. The van der Waals surface area contributed by atoms with Crippen molar-refractivity contribution >= 4 is 28.9 Å². The Balaban J connectivity index is 2.68. The fourth-order valence-electron chi connectivity index (χ4n) is 0.857. The number of ether oxygens (including phenoxy) is 1. The molecule has 0 heterocycles. The number of benzene rings is 1. The summed E-state index contributed by atoms with van der Waals surface area (Å²) in [5, 5.41) is 0.507. The lowest BCUT2D eigenvalue weighted by molar-refractivity contribution is 0.353. The summed E-state index contributed by atoms with van der Waals surface area (Å²) in [7, 11) is 0. The first kappa shape index (κ1) is 11.2. The van der Waals surface area contributed by atoms with Crippen LogP contribution in [0.2, 0.25) is 5.02 Å². The standard InChI is InChI=1S/C10H11Cl2NO/c1-7(5-11)6-14-10-3-2-8(13)4-9(10)12/h2-5H,6,13H2,1H3/b7-5-. The number of rotatable bonds is 3. The Morgan fingerprint density at radius 3 is 2.86 bits per heavy atom. The van der Waals surface area contributed by atoms with Gasteiger partial charge in [0.05, 0.1) is 5.02 Å². The molecule has 0 fully saturated rings. The molecule has 2 N–H and O–H groups in total. The summed E-state index contributed by atoms with van der Waals surface area (Å²) in [6, 6.07) is 5.12. The molecule has 0 aliphatic heterocycles. The van der Waals surface area contributed by atoms with Crippen LogP contribution in [0.5, 0.6) is 5.75 Å². The lowest BCUT2D eigenvalue weighted by atomic mass is 10.3.